The summed E-state index contributed by atoms with van der Waals surface area (Å²) in [5.41, 5.74) is 0.630. The van der Waals surface area contributed by atoms with Crippen molar-refractivity contribution < 1.29 is 14.3 Å². The molecule has 0 N–H and O–H groups in total. The summed E-state index contributed by atoms with van der Waals surface area (Å²) in [5, 5.41) is 0. The number of carbonyl (C=O) groups excluding carboxylic acids is 1. The fourth-order valence-corrected chi connectivity index (χ4v) is 2.40. The fourth-order valence-electron chi connectivity index (χ4n) is 1.77. The minimum absolute atomic E-state index is 0.176. The zero-order valence-corrected chi connectivity index (χ0v) is 15.8. The fraction of sp³-hybridized carbons (Fsp3) is 0.562. The summed E-state index contributed by atoms with van der Waals surface area (Å²) in [7, 11) is 0. The third kappa shape index (κ3) is 6.87. The lowest BCUT2D eigenvalue weighted by atomic mass is 10.0. The van der Waals surface area contributed by atoms with Gasteiger partial charge in [0.15, 0.2) is 0 Å². The number of carbonyl (C=O) groups is 1. The van der Waals surface area contributed by atoms with Gasteiger partial charge in [-0.15, -0.1) is 11.6 Å². The van der Waals surface area contributed by atoms with Gasteiger partial charge in [-0.2, -0.15) is 0 Å². The molecule has 0 radical (unpaired) electrons. The van der Waals surface area contributed by atoms with E-state index in [0.29, 0.717) is 18.9 Å². The summed E-state index contributed by atoms with van der Waals surface area (Å²) in [6, 6.07) is 5.87. The summed E-state index contributed by atoms with van der Waals surface area (Å²) >= 11 is 7.89. The van der Waals surface area contributed by atoms with Gasteiger partial charge in [0.05, 0.1) is 11.8 Å². The van der Waals surface area contributed by atoms with Crippen LogP contribution in [0.2, 0.25) is 0 Å². The van der Waals surface area contributed by atoms with Crippen molar-refractivity contribution in [3.8, 4) is 5.75 Å². The van der Waals surface area contributed by atoms with Crippen LogP contribution < -0.4 is 4.74 Å². The third-order valence-corrected chi connectivity index (χ3v) is 3.90. The molecule has 0 spiro atoms. The average Bonchev–Trinajstić information content (AvgIpc) is 2.37. The summed E-state index contributed by atoms with van der Waals surface area (Å²) in [6.45, 7) is 7.99. The molecule has 1 atom stereocenters. The quantitative estimate of drug-likeness (QED) is 0.385. The lowest BCUT2D eigenvalue weighted by Gasteiger charge is -2.22. The molecule has 0 aliphatic heterocycles. The van der Waals surface area contributed by atoms with Gasteiger partial charge in [0.1, 0.15) is 18.0 Å². The van der Waals surface area contributed by atoms with Crippen LogP contribution in [0.4, 0.5) is 0 Å². The molecule has 1 aromatic rings. The number of hydrogen-bond acceptors (Lipinski definition) is 3. The third-order valence-electron chi connectivity index (χ3n) is 2.70. The van der Waals surface area contributed by atoms with Gasteiger partial charge >= 0.3 is 5.97 Å². The van der Waals surface area contributed by atoms with Crippen LogP contribution in [0.15, 0.2) is 18.2 Å². The topological polar surface area (TPSA) is 35.5 Å². The Morgan fingerprint density at radius 3 is 2.62 bits per heavy atom. The first-order valence-corrected chi connectivity index (χ1v) is 8.54. The van der Waals surface area contributed by atoms with E-state index in [1.807, 2.05) is 45.9 Å². The molecule has 118 valence electrons. The van der Waals surface area contributed by atoms with E-state index < -0.39 is 5.60 Å². The minimum Gasteiger partial charge on any atom is -0.492 e. The molecule has 0 bridgehead atoms. The summed E-state index contributed by atoms with van der Waals surface area (Å²) in [4.78, 5) is 12.1. The maximum Gasteiger partial charge on any atom is 0.309 e. The van der Waals surface area contributed by atoms with Crippen molar-refractivity contribution in [2.24, 2.45) is 5.92 Å². The van der Waals surface area contributed by atoms with E-state index in [1.165, 1.54) is 0 Å². The van der Waals surface area contributed by atoms with Crippen molar-refractivity contribution >= 4 is 40.2 Å². The highest BCUT2D eigenvalue weighted by Gasteiger charge is 2.22. The zero-order chi connectivity index (χ0) is 16.0. The molecule has 5 heteroatoms. The van der Waals surface area contributed by atoms with Gasteiger partial charge in [-0.05, 0) is 73.5 Å². The maximum absolute atomic E-state index is 12.1. The van der Waals surface area contributed by atoms with Crippen LogP contribution in [0.1, 0.15) is 33.3 Å². The van der Waals surface area contributed by atoms with E-state index in [2.05, 4.69) is 22.6 Å². The summed E-state index contributed by atoms with van der Waals surface area (Å²) in [6.07, 6.45) is 0.630. The van der Waals surface area contributed by atoms with Crippen LogP contribution in [-0.4, -0.2) is 24.1 Å². The van der Waals surface area contributed by atoms with Gasteiger partial charge in [-0.3, -0.25) is 4.79 Å². The van der Waals surface area contributed by atoms with Crippen molar-refractivity contribution in [1.82, 2.24) is 0 Å². The molecule has 0 saturated heterocycles. The number of benzene rings is 1. The van der Waals surface area contributed by atoms with Crippen LogP contribution in [0.25, 0.3) is 0 Å². The molecule has 0 aromatic heterocycles. The Hall–Kier alpha value is -0.490. The van der Waals surface area contributed by atoms with E-state index in [0.717, 1.165) is 14.9 Å². The maximum atomic E-state index is 12.1. The zero-order valence-electron chi connectivity index (χ0n) is 12.9. The van der Waals surface area contributed by atoms with Gasteiger partial charge < -0.3 is 9.47 Å². The van der Waals surface area contributed by atoms with Gasteiger partial charge in [-0.1, -0.05) is 6.92 Å². The Morgan fingerprint density at radius 2 is 2.05 bits per heavy atom. The van der Waals surface area contributed by atoms with E-state index in [4.69, 9.17) is 21.1 Å². The number of esters is 1. The Labute approximate surface area is 145 Å². The first-order chi connectivity index (χ1) is 9.73. The van der Waals surface area contributed by atoms with Crippen molar-refractivity contribution in [3.05, 3.63) is 27.3 Å². The van der Waals surface area contributed by atoms with Crippen molar-refractivity contribution in [2.75, 3.05) is 12.5 Å². The SMILES string of the molecule is CC(Cc1cc(OCCCl)ccc1I)C(=O)OC(C)(C)C. The number of rotatable bonds is 6. The number of ether oxygens (including phenoxy) is 2. The molecule has 3 nitrogen and oxygen atoms in total. The van der Waals surface area contributed by atoms with Crippen LogP contribution in [0.5, 0.6) is 5.75 Å². The Bertz CT molecular complexity index is 483. The van der Waals surface area contributed by atoms with Crippen LogP contribution in [0, 0.1) is 9.49 Å². The molecule has 0 heterocycles. The molecule has 0 aliphatic carbocycles. The number of halogens is 2. The molecule has 1 unspecified atom stereocenters. The molecular formula is C16H22ClIO3. The van der Waals surface area contributed by atoms with Crippen LogP contribution in [-0.2, 0) is 16.0 Å². The average molecular weight is 425 g/mol. The second kappa shape index (κ2) is 8.22. The van der Waals surface area contributed by atoms with Gasteiger partial charge in [0, 0.05) is 3.57 Å². The highest BCUT2D eigenvalue weighted by atomic mass is 127. The van der Waals surface area contributed by atoms with Crippen molar-refractivity contribution in [1.29, 1.82) is 0 Å². The highest BCUT2D eigenvalue weighted by Crippen LogP contribution is 2.23. The highest BCUT2D eigenvalue weighted by molar-refractivity contribution is 14.1. The molecule has 1 aromatic carbocycles. The minimum atomic E-state index is -0.455. The number of hydrogen-bond donors (Lipinski definition) is 0. The standard InChI is InChI=1S/C16H22ClIO3/c1-11(15(19)21-16(2,3)4)9-12-10-13(20-8-7-17)5-6-14(12)18/h5-6,10-11H,7-9H2,1-4H3. The van der Waals surface area contributed by atoms with Gasteiger partial charge in [-0.25, -0.2) is 0 Å². The van der Waals surface area contributed by atoms with Crippen LogP contribution in [0.3, 0.4) is 0 Å². The molecule has 21 heavy (non-hydrogen) atoms. The largest absolute Gasteiger partial charge is 0.492 e. The Balaban J connectivity index is 2.74. The lowest BCUT2D eigenvalue weighted by Crippen LogP contribution is -2.28. The molecule has 0 amide bonds. The monoisotopic (exact) mass is 424 g/mol. The molecular weight excluding hydrogens is 403 g/mol. The number of alkyl halides is 1. The van der Waals surface area contributed by atoms with E-state index in [-0.39, 0.29) is 11.9 Å². The Kier molecular flexibility index (Phi) is 7.27. The second-order valence-corrected chi connectivity index (χ2v) is 7.47. The normalized spacial score (nSPS) is 12.9. The first-order valence-electron chi connectivity index (χ1n) is 6.93. The van der Waals surface area contributed by atoms with Crippen molar-refractivity contribution in [2.45, 2.75) is 39.7 Å². The van der Waals surface area contributed by atoms with Gasteiger partial charge in [0.2, 0.25) is 0 Å². The predicted octanol–water partition coefficient (Wildman–Crippen LogP) is 4.43. The summed E-state index contributed by atoms with van der Waals surface area (Å²) < 4.78 is 12.1. The lowest BCUT2D eigenvalue weighted by molar-refractivity contribution is -0.159. The van der Waals surface area contributed by atoms with Crippen LogP contribution >= 0.6 is 34.2 Å². The van der Waals surface area contributed by atoms with Crippen molar-refractivity contribution in [3.63, 3.8) is 0 Å². The van der Waals surface area contributed by atoms with Gasteiger partial charge in [0.25, 0.3) is 0 Å². The summed E-state index contributed by atoms with van der Waals surface area (Å²) in [5.74, 6) is 0.865. The molecule has 0 fully saturated rings. The molecule has 1 rings (SSSR count). The Morgan fingerprint density at radius 1 is 1.38 bits per heavy atom. The molecule has 0 saturated carbocycles. The predicted molar refractivity (Wildman–Crippen MR) is 94.1 cm³/mol. The first kappa shape index (κ1) is 18.6. The van der Waals surface area contributed by atoms with E-state index >= 15 is 0 Å². The second-order valence-electron chi connectivity index (χ2n) is 5.93. The van der Waals surface area contributed by atoms with E-state index in [9.17, 15) is 4.79 Å². The smallest absolute Gasteiger partial charge is 0.309 e. The van der Waals surface area contributed by atoms with E-state index in [1.54, 1.807) is 0 Å². The molecule has 0 aliphatic rings.